The second-order valence-corrected chi connectivity index (χ2v) is 7.22. The average molecular weight is 281 g/mol. The van der Waals surface area contributed by atoms with Gasteiger partial charge >= 0.3 is 0 Å². The number of rotatable bonds is 5. The van der Waals surface area contributed by atoms with Crippen LogP contribution in [0.5, 0.6) is 0 Å². The van der Waals surface area contributed by atoms with E-state index in [1.54, 1.807) is 11.3 Å². The second-order valence-electron chi connectivity index (χ2n) is 6.19. The molecule has 1 aromatic heterocycles. The van der Waals surface area contributed by atoms with Crippen molar-refractivity contribution in [1.82, 2.24) is 4.90 Å². The Labute approximate surface area is 121 Å². The summed E-state index contributed by atoms with van der Waals surface area (Å²) in [6.07, 6.45) is 6.87. The lowest BCUT2D eigenvalue weighted by molar-refractivity contribution is -0.0123. The molecule has 0 bridgehead atoms. The summed E-state index contributed by atoms with van der Waals surface area (Å²) < 4.78 is 0. The van der Waals surface area contributed by atoms with Crippen LogP contribution in [0.2, 0.25) is 0 Å². The predicted molar refractivity (Wildman–Crippen MR) is 82.8 cm³/mol. The van der Waals surface area contributed by atoms with Crippen LogP contribution >= 0.6 is 11.3 Å². The summed E-state index contributed by atoms with van der Waals surface area (Å²) >= 11 is 1.79. The van der Waals surface area contributed by atoms with Crippen molar-refractivity contribution in [3.8, 4) is 0 Å². The van der Waals surface area contributed by atoms with E-state index in [9.17, 15) is 5.11 Å². The summed E-state index contributed by atoms with van der Waals surface area (Å²) in [5.41, 5.74) is -0.0956. The molecule has 0 spiro atoms. The van der Waals surface area contributed by atoms with E-state index in [0.717, 1.165) is 25.9 Å². The van der Waals surface area contributed by atoms with E-state index in [4.69, 9.17) is 0 Å². The van der Waals surface area contributed by atoms with Gasteiger partial charge in [-0.3, -0.25) is 4.90 Å². The number of aryl methyl sites for hydroxylation is 1. The molecule has 1 saturated heterocycles. The molecular weight excluding hydrogens is 254 g/mol. The van der Waals surface area contributed by atoms with Crippen molar-refractivity contribution in [2.24, 2.45) is 0 Å². The predicted octanol–water partition coefficient (Wildman–Crippen LogP) is 3.70. The molecule has 0 amide bonds. The maximum absolute atomic E-state index is 10.6. The Kier molecular flexibility index (Phi) is 5.43. The van der Waals surface area contributed by atoms with Crippen molar-refractivity contribution >= 4 is 11.3 Å². The first-order chi connectivity index (χ1) is 9.10. The van der Waals surface area contributed by atoms with Crippen LogP contribution in [0.25, 0.3) is 0 Å². The summed E-state index contributed by atoms with van der Waals surface area (Å²) in [5.74, 6) is 0. The molecule has 1 aliphatic heterocycles. The fraction of sp³-hybridized carbons (Fsp3) is 0.750. The fourth-order valence-electron chi connectivity index (χ4n) is 2.94. The molecule has 108 valence electrons. The van der Waals surface area contributed by atoms with E-state index in [1.165, 1.54) is 30.6 Å². The van der Waals surface area contributed by atoms with Crippen molar-refractivity contribution in [3.63, 3.8) is 0 Å². The van der Waals surface area contributed by atoms with E-state index >= 15 is 0 Å². The van der Waals surface area contributed by atoms with Crippen molar-refractivity contribution in [1.29, 1.82) is 0 Å². The number of thiophene rings is 1. The summed E-state index contributed by atoms with van der Waals surface area (Å²) in [4.78, 5) is 3.88. The number of nitrogens with zero attached hydrogens (tertiary/aromatic N) is 1. The lowest BCUT2D eigenvalue weighted by Gasteiger charge is -2.41. The number of aliphatic hydroxyl groups is 1. The molecule has 1 unspecified atom stereocenters. The van der Waals surface area contributed by atoms with Gasteiger partial charge in [0.1, 0.15) is 0 Å². The number of likely N-dealkylation sites (tertiary alicyclic amines) is 1. The highest BCUT2D eigenvalue weighted by Gasteiger charge is 2.34. The zero-order chi connectivity index (χ0) is 13.7. The van der Waals surface area contributed by atoms with Crippen molar-refractivity contribution in [2.75, 3.05) is 13.1 Å². The van der Waals surface area contributed by atoms with E-state index < -0.39 is 0 Å². The van der Waals surface area contributed by atoms with Crippen molar-refractivity contribution < 1.29 is 5.11 Å². The van der Waals surface area contributed by atoms with E-state index in [1.807, 2.05) is 0 Å². The maximum Gasteiger partial charge on any atom is 0.0721 e. The fourth-order valence-corrected chi connectivity index (χ4v) is 3.67. The molecule has 1 aliphatic rings. The van der Waals surface area contributed by atoms with Crippen LogP contribution in [-0.2, 0) is 6.42 Å². The Hall–Kier alpha value is -0.380. The van der Waals surface area contributed by atoms with Gasteiger partial charge in [-0.15, -0.1) is 11.3 Å². The van der Waals surface area contributed by atoms with E-state index in [0.29, 0.717) is 0 Å². The minimum Gasteiger partial charge on any atom is -0.391 e. The first-order valence-corrected chi connectivity index (χ1v) is 8.44. The Morgan fingerprint density at radius 1 is 1.26 bits per heavy atom. The lowest BCUT2D eigenvalue weighted by Crippen LogP contribution is -2.52. The monoisotopic (exact) mass is 281 g/mol. The lowest BCUT2D eigenvalue weighted by atomic mass is 9.91. The summed E-state index contributed by atoms with van der Waals surface area (Å²) in [7, 11) is 0. The highest BCUT2D eigenvalue weighted by atomic mass is 32.1. The number of aliphatic hydroxyl groups excluding tert-OH is 1. The molecule has 19 heavy (non-hydrogen) atoms. The van der Waals surface area contributed by atoms with Crippen LogP contribution in [0.1, 0.15) is 50.8 Å². The van der Waals surface area contributed by atoms with Crippen LogP contribution in [0.15, 0.2) is 17.5 Å². The molecule has 0 radical (unpaired) electrons. The average Bonchev–Trinajstić information content (AvgIpc) is 2.75. The molecule has 0 aromatic carbocycles. The molecule has 0 saturated carbocycles. The molecule has 2 heterocycles. The Morgan fingerprint density at radius 3 is 2.53 bits per heavy atom. The summed E-state index contributed by atoms with van der Waals surface area (Å²) in [5, 5.41) is 12.7. The van der Waals surface area contributed by atoms with Gasteiger partial charge in [-0.05, 0) is 64.1 Å². The van der Waals surface area contributed by atoms with Gasteiger partial charge in [0.15, 0.2) is 0 Å². The van der Waals surface area contributed by atoms with Gasteiger partial charge < -0.3 is 5.11 Å². The standard InChI is InChI=1S/C16H27NOS/c1-16(2,17-11-5-3-4-6-12-17)15(18)10-9-14-8-7-13-19-14/h7-8,13,15,18H,3-6,9-12H2,1-2H3. The molecular formula is C16H27NOS. The first kappa shape index (κ1) is 15.0. The second kappa shape index (κ2) is 6.87. The highest BCUT2D eigenvalue weighted by Crippen LogP contribution is 2.26. The zero-order valence-electron chi connectivity index (χ0n) is 12.3. The van der Waals surface area contributed by atoms with Gasteiger partial charge in [-0.25, -0.2) is 0 Å². The van der Waals surface area contributed by atoms with Gasteiger partial charge in [0, 0.05) is 10.4 Å². The maximum atomic E-state index is 10.6. The number of hydrogen-bond donors (Lipinski definition) is 1. The molecule has 1 aromatic rings. The topological polar surface area (TPSA) is 23.5 Å². The third-order valence-corrected chi connectivity index (χ3v) is 5.42. The Bertz CT molecular complexity index is 353. The minimum absolute atomic E-state index is 0.0956. The molecule has 1 fully saturated rings. The highest BCUT2D eigenvalue weighted by molar-refractivity contribution is 7.09. The third-order valence-electron chi connectivity index (χ3n) is 4.48. The van der Waals surface area contributed by atoms with Gasteiger partial charge in [0.2, 0.25) is 0 Å². The zero-order valence-corrected chi connectivity index (χ0v) is 13.1. The third kappa shape index (κ3) is 4.04. The van der Waals surface area contributed by atoms with Crippen LogP contribution in [0.3, 0.4) is 0 Å². The summed E-state index contributed by atoms with van der Waals surface area (Å²) in [6, 6.07) is 4.25. The molecule has 2 nitrogen and oxygen atoms in total. The normalized spacial score (nSPS) is 20.2. The number of hydrogen-bond acceptors (Lipinski definition) is 3. The molecule has 0 aliphatic carbocycles. The molecule has 2 rings (SSSR count). The van der Waals surface area contributed by atoms with Gasteiger partial charge in [0.25, 0.3) is 0 Å². The Morgan fingerprint density at radius 2 is 1.95 bits per heavy atom. The van der Waals surface area contributed by atoms with Gasteiger partial charge in [-0.1, -0.05) is 18.9 Å². The summed E-state index contributed by atoms with van der Waals surface area (Å²) in [6.45, 7) is 6.70. The Balaban J connectivity index is 1.89. The van der Waals surface area contributed by atoms with E-state index in [-0.39, 0.29) is 11.6 Å². The molecule has 1 atom stereocenters. The van der Waals surface area contributed by atoms with Crippen molar-refractivity contribution in [3.05, 3.63) is 22.4 Å². The molecule has 3 heteroatoms. The quantitative estimate of drug-likeness (QED) is 0.889. The van der Waals surface area contributed by atoms with Gasteiger partial charge in [0.05, 0.1) is 6.10 Å². The molecule has 1 N–H and O–H groups in total. The largest absolute Gasteiger partial charge is 0.391 e. The smallest absolute Gasteiger partial charge is 0.0721 e. The van der Waals surface area contributed by atoms with Crippen LogP contribution < -0.4 is 0 Å². The SMILES string of the molecule is CC(C)(C(O)CCc1cccs1)N1CCCCCC1. The van der Waals surface area contributed by atoms with Crippen LogP contribution in [0, 0.1) is 0 Å². The van der Waals surface area contributed by atoms with Crippen molar-refractivity contribution in [2.45, 2.75) is 64.0 Å². The minimum atomic E-state index is -0.243. The van der Waals surface area contributed by atoms with Crippen LogP contribution in [0.4, 0.5) is 0 Å². The van der Waals surface area contributed by atoms with Gasteiger partial charge in [-0.2, -0.15) is 0 Å². The first-order valence-electron chi connectivity index (χ1n) is 7.56. The van der Waals surface area contributed by atoms with E-state index in [2.05, 4.69) is 36.3 Å². The van der Waals surface area contributed by atoms with Crippen LogP contribution in [-0.4, -0.2) is 34.7 Å².